The molecule has 128 valence electrons. The van der Waals surface area contributed by atoms with Gasteiger partial charge in [0.1, 0.15) is 5.82 Å². The highest BCUT2D eigenvalue weighted by molar-refractivity contribution is 8.00. The normalized spacial score (nSPS) is 10.7. The summed E-state index contributed by atoms with van der Waals surface area (Å²) in [6.07, 6.45) is 0. The van der Waals surface area contributed by atoms with Crippen molar-refractivity contribution in [2.24, 2.45) is 0 Å². The van der Waals surface area contributed by atoms with Gasteiger partial charge in [0.2, 0.25) is 5.91 Å². The molecule has 1 N–H and O–H groups in total. The third-order valence-electron chi connectivity index (χ3n) is 3.70. The molecule has 0 atom stereocenters. The number of anilines is 1. The van der Waals surface area contributed by atoms with E-state index in [9.17, 15) is 9.18 Å². The van der Waals surface area contributed by atoms with Crippen molar-refractivity contribution in [1.82, 2.24) is 9.78 Å². The summed E-state index contributed by atoms with van der Waals surface area (Å²) in [5.74, 6) is -0.200. The Kier molecular flexibility index (Phi) is 5.19. The van der Waals surface area contributed by atoms with Crippen molar-refractivity contribution in [3.8, 4) is 5.69 Å². The van der Waals surface area contributed by atoms with E-state index in [2.05, 4.69) is 10.4 Å². The molecule has 0 aliphatic rings. The monoisotopic (exact) mass is 355 g/mol. The Morgan fingerprint density at radius 3 is 2.48 bits per heavy atom. The molecule has 0 saturated carbocycles. The van der Waals surface area contributed by atoms with Gasteiger partial charge in [0.25, 0.3) is 0 Å². The standard InChI is InChI=1S/C19H18FN3OS/c1-13-19(14(2)23(22-13)17-6-4-3-5-7-17)25-12-18(24)21-16-10-8-15(20)9-11-16/h3-11H,12H2,1-2H3,(H,21,24). The van der Waals surface area contributed by atoms with Gasteiger partial charge in [0.15, 0.2) is 0 Å². The van der Waals surface area contributed by atoms with Gasteiger partial charge in [-0.15, -0.1) is 11.8 Å². The molecule has 0 saturated heterocycles. The lowest BCUT2D eigenvalue weighted by Gasteiger charge is -2.06. The molecule has 2 aromatic carbocycles. The Morgan fingerprint density at radius 2 is 1.80 bits per heavy atom. The number of halogens is 1. The molecule has 25 heavy (non-hydrogen) atoms. The minimum atomic E-state index is -0.327. The number of carbonyl (C=O) groups excluding carboxylic acids is 1. The van der Waals surface area contributed by atoms with Crippen LogP contribution in [0.15, 0.2) is 59.5 Å². The summed E-state index contributed by atoms with van der Waals surface area (Å²) < 4.78 is 14.8. The van der Waals surface area contributed by atoms with Crippen LogP contribution in [0.25, 0.3) is 5.69 Å². The van der Waals surface area contributed by atoms with Crippen molar-refractivity contribution in [2.45, 2.75) is 18.7 Å². The van der Waals surface area contributed by atoms with E-state index < -0.39 is 0 Å². The number of para-hydroxylation sites is 1. The van der Waals surface area contributed by atoms with Crippen molar-refractivity contribution < 1.29 is 9.18 Å². The van der Waals surface area contributed by atoms with Gasteiger partial charge in [0, 0.05) is 5.69 Å². The van der Waals surface area contributed by atoms with Crippen molar-refractivity contribution in [1.29, 1.82) is 0 Å². The van der Waals surface area contributed by atoms with Gasteiger partial charge >= 0.3 is 0 Å². The average Bonchev–Trinajstić information content (AvgIpc) is 2.90. The minimum absolute atomic E-state index is 0.136. The number of carbonyl (C=O) groups is 1. The van der Waals surface area contributed by atoms with Gasteiger partial charge in [0.05, 0.1) is 27.7 Å². The largest absolute Gasteiger partial charge is 0.325 e. The molecule has 1 heterocycles. The van der Waals surface area contributed by atoms with Crippen molar-refractivity contribution in [2.75, 3.05) is 11.1 Å². The number of aryl methyl sites for hydroxylation is 1. The molecule has 0 radical (unpaired) electrons. The van der Waals surface area contributed by atoms with Crippen LogP contribution in [0.4, 0.5) is 10.1 Å². The van der Waals surface area contributed by atoms with E-state index in [-0.39, 0.29) is 17.5 Å². The summed E-state index contributed by atoms with van der Waals surface area (Å²) in [5.41, 5.74) is 3.47. The maximum absolute atomic E-state index is 12.9. The van der Waals surface area contributed by atoms with Crippen LogP contribution < -0.4 is 5.32 Å². The predicted octanol–water partition coefficient (Wildman–Crippen LogP) is 4.36. The first kappa shape index (κ1) is 17.2. The fourth-order valence-electron chi connectivity index (χ4n) is 2.53. The van der Waals surface area contributed by atoms with Crippen LogP contribution in [0.1, 0.15) is 11.4 Å². The summed E-state index contributed by atoms with van der Waals surface area (Å²) in [7, 11) is 0. The fraction of sp³-hybridized carbons (Fsp3) is 0.158. The van der Waals surface area contributed by atoms with E-state index in [0.29, 0.717) is 5.69 Å². The molecule has 0 aliphatic carbocycles. The molecule has 0 aliphatic heterocycles. The summed E-state index contributed by atoms with van der Waals surface area (Å²) in [6, 6.07) is 15.6. The molecule has 3 aromatic rings. The number of benzene rings is 2. The lowest BCUT2D eigenvalue weighted by molar-refractivity contribution is -0.113. The van der Waals surface area contributed by atoms with Crippen molar-refractivity contribution in [3.05, 3.63) is 71.8 Å². The maximum Gasteiger partial charge on any atom is 0.234 e. The minimum Gasteiger partial charge on any atom is -0.325 e. The van der Waals surface area contributed by atoms with E-state index in [0.717, 1.165) is 22.0 Å². The van der Waals surface area contributed by atoms with Crippen LogP contribution in [0.2, 0.25) is 0 Å². The first-order chi connectivity index (χ1) is 12.0. The SMILES string of the molecule is Cc1nn(-c2ccccc2)c(C)c1SCC(=O)Nc1ccc(F)cc1. The Morgan fingerprint density at radius 1 is 1.12 bits per heavy atom. The van der Waals surface area contributed by atoms with Crippen LogP contribution in [0, 0.1) is 19.7 Å². The van der Waals surface area contributed by atoms with E-state index in [1.165, 1.54) is 23.9 Å². The third-order valence-corrected chi connectivity index (χ3v) is 4.99. The molecule has 1 aromatic heterocycles. The van der Waals surface area contributed by atoms with E-state index in [4.69, 9.17) is 0 Å². The molecule has 4 nitrogen and oxygen atoms in total. The van der Waals surface area contributed by atoms with Gasteiger partial charge in [-0.3, -0.25) is 4.79 Å². The van der Waals surface area contributed by atoms with Gasteiger partial charge in [-0.1, -0.05) is 18.2 Å². The van der Waals surface area contributed by atoms with Gasteiger partial charge in [-0.2, -0.15) is 5.10 Å². The zero-order valence-corrected chi connectivity index (χ0v) is 14.8. The lowest BCUT2D eigenvalue weighted by Crippen LogP contribution is -2.14. The number of nitrogens with zero attached hydrogens (tertiary/aromatic N) is 2. The number of aromatic nitrogens is 2. The smallest absolute Gasteiger partial charge is 0.234 e. The molecule has 0 unspecified atom stereocenters. The van der Waals surface area contributed by atoms with E-state index in [1.54, 1.807) is 12.1 Å². The highest BCUT2D eigenvalue weighted by atomic mass is 32.2. The summed E-state index contributed by atoms with van der Waals surface area (Å²) >= 11 is 1.45. The number of thioether (sulfide) groups is 1. The highest BCUT2D eigenvalue weighted by Gasteiger charge is 2.14. The van der Waals surface area contributed by atoms with Gasteiger partial charge in [-0.05, 0) is 50.2 Å². The fourth-order valence-corrected chi connectivity index (χ4v) is 3.42. The number of amides is 1. The first-order valence-corrected chi connectivity index (χ1v) is 8.83. The van der Waals surface area contributed by atoms with Crippen LogP contribution >= 0.6 is 11.8 Å². The third kappa shape index (κ3) is 4.09. The Balaban J connectivity index is 1.68. The second-order valence-electron chi connectivity index (χ2n) is 5.59. The Hall–Kier alpha value is -2.60. The van der Waals surface area contributed by atoms with Crippen LogP contribution in [0.5, 0.6) is 0 Å². The zero-order valence-electron chi connectivity index (χ0n) is 14.0. The first-order valence-electron chi connectivity index (χ1n) is 7.84. The molecule has 1 amide bonds. The highest BCUT2D eigenvalue weighted by Crippen LogP contribution is 2.28. The second kappa shape index (κ2) is 7.53. The molecule has 3 rings (SSSR count). The molecular weight excluding hydrogens is 337 g/mol. The molecule has 0 spiro atoms. The van der Waals surface area contributed by atoms with Crippen molar-refractivity contribution >= 4 is 23.4 Å². The van der Waals surface area contributed by atoms with Crippen LogP contribution in [-0.4, -0.2) is 21.4 Å². The summed E-state index contributed by atoms with van der Waals surface area (Å²) in [4.78, 5) is 13.1. The zero-order chi connectivity index (χ0) is 17.8. The van der Waals surface area contributed by atoms with Crippen LogP contribution in [0.3, 0.4) is 0 Å². The predicted molar refractivity (Wildman–Crippen MR) is 98.8 cm³/mol. The number of nitrogens with one attached hydrogen (secondary N) is 1. The maximum atomic E-state index is 12.9. The Labute approximate surface area is 150 Å². The van der Waals surface area contributed by atoms with E-state index in [1.807, 2.05) is 48.9 Å². The number of hydrogen-bond donors (Lipinski definition) is 1. The molecule has 0 fully saturated rings. The molecule has 6 heteroatoms. The quantitative estimate of drug-likeness (QED) is 0.692. The molecular formula is C19H18FN3OS. The number of hydrogen-bond acceptors (Lipinski definition) is 3. The average molecular weight is 355 g/mol. The topological polar surface area (TPSA) is 46.9 Å². The Bertz CT molecular complexity index is 876. The van der Waals surface area contributed by atoms with Gasteiger partial charge in [-0.25, -0.2) is 9.07 Å². The summed E-state index contributed by atoms with van der Waals surface area (Å²) in [5, 5.41) is 7.34. The lowest BCUT2D eigenvalue weighted by atomic mass is 10.3. The second-order valence-corrected chi connectivity index (χ2v) is 6.58. The van der Waals surface area contributed by atoms with Crippen LogP contribution in [-0.2, 0) is 4.79 Å². The summed E-state index contributed by atoms with van der Waals surface area (Å²) in [6.45, 7) is 3.93. The van der Waals surface area contributed by atoms with Gasteiger partial charge < -0.3 is 5.32 Å². The van der Waals surface area contributed by atoms with Crippen molar-refractivity contribution in [3.63, 3.8) is 0 Å². The number of rotatable bonds is 5. The van der Waals surface area contributed by atoms with E-state index >= 15 is 0 Å². The molecule has 0 bridgehead atoms.